The van der Waals surface area contributed by atoms with E-state index in [2.05, 4.69) is 26.6 Å². The van der Waals surface area contributed by atoms with Crippen LogP contribution in [-0.2, 0) is 19.2 Å². The standard InChI is InChI=1S/C26H52N6O5/c1-7-12-18(5)29-26(37)22(17(4)9-3)32-24(35)20(14-10-11-15-27)30-25(36)21(16-33)31-23(34)19(28-6)13-8-2/h17-22,28,33H,7-16,27H2,1-6H3,(H,29,37)(H,30,36)(H,31,34)(H,32,35). The van der Waals surface area contributed by atoms with Crippen LogP contribution in [0.4, 0.5) is 0 Å². The Labute approximate surface area is 222 Å². The molecule has 0 aliphatic rings. The summed E-state index contributed by atoms with van der Waals surface area (Å²) in [6, 6.07) is -3.45. The molecule has 216 valence electrons. The number of nitrogens with two attached hydrogens (primary N) is 1. The van der Waals surface area contributed by atoms with Crippen molar-refractivity contribution in [3.05, 3.63) is 0 Å². The lowest BCUT2D eigenvalue weighted by Crippen LogP contribution is -2.59. The van der Waals surface area contributed by atoms with Gasteiger partial charge in [-0.15, -0.1) is 0 Å². The van der Waals surface area contributed by atoms with Gasteiger partial charge in [-0.2, -0.15) is 0 Å². The first-order valence-electron chi connectivity index (χ1n) is 13.8. The highest BCUT2D eigenvalue weighted by Crippen LogP contribution is 2.11. The number of carbonyl (C=O) groups is 4. The van der Waals surface area contributed by atoms with E-state index in [9.17, 15) is 24.3 Å². The molecule has 0 fully saturated rings. The van der Waals surface area contributed by atoms with Gasteiger partial charge >= 0.3 is 0 Å². The van der Waals surface area contributed by atoms with Gasteiger partial charge in [0.15, 0.2) is 0 Å². The molecule has 0 aromatic rings. The molecule has 0 aromatic heterocycles. The SMILES string of the molecule is CCCC(C)NC(=O)C(NC(=O)C(CCCCN)NC(=O)C(CO)NC(=O)C(CCC)NC)C(C)CC. The molecule has 0 saturated heterocycles. The summed E-state index contributed by atoms with van der Waals surface area (Å²) >= 11 is 0. The van der Waals surface area contributed by atoms with E-state index in [0.29, 0.717) is 38.6 Å². The minimum atomic E-state index is -1.21. The van der Waals surface area contributed by atoms with Crippen molar-refractivity contribution in [3.63, 3.8) is 0 Å². The predicted molar refractivity (Wildman–Crippen MR) is 146 cm³/mol. The molecule has 0 heterocycles. The third kappa shape index (κ3) is 13.2. The van der Waals surface area contributed by atoms with Crippen LogP contribution in [0, 0.1) is 5.92 Å². The highest BCUT2D eigenvalue weighted by Gasteiger charge is 2.32. The number of aliphatic hydroxyl groups is 1. The van der Waals surface area contributed by atoms with Gasteiger partial charge in [0.1, 0.15) is 18.1 Å². The van der Waals surface area contributed by atoms with Crippen LogP contribution in [0.5, 0.6) is 0 Å². The van der Waals surface area contributed by atoms with Crippen molar-refractivity contribution in [1.82, 2.24) is 26.6 Å². The van der Waals surface area contributed by atoms with Crippen molar-refractivity contribution in [2.24, 2.45) is 11.7 Å². The summed E-state index contributed by atoms with van der Waals surface area (Å²) in [5.74, 6) is -1.95. The van der Waals surface area contributed by atoms with Crippen LogP contribution >= 0.6 is 0 Å². The zero-order valence-electron chi connectivity index (χ0n) is 23.7. The van der Waals surface area contributed by atoms with Crippen LogP contribution in [0.15, 0.2) is 0 Å². The fourth-order valence-corrected chi connectivity index (χ4v) is 3.99. The number of likely N-dealkylation sites (N-methyl/N-ethyl adjacent to an activating group) is 1. The van der Waals surface area contributed by atoms with Crippen LogP contribution in [0.2, 0.25) is 0 Å². The number of rotatable bonds is 20. The van der Waals surface area contributed by atoms with E-state index < -0.39 is 48.5 Å². The van der Waals surface area contributed by atoms with Crippen molar-refractivity contribution >= 4 is 23.6 Å². The van der Waals surface area contributed by atoms with Gasteiger partial charge in [-0.1, -0.05) is 47.0 Å². The molecule has 4 amide bonds. The summed E-state index contributed by atoms with van der Waals surface area (Å²) in [4.78, 5) is 51.8. The van der Waals surface area contributed by atoms with Gasteiger partial charge in [-0.3, -0.25) is 19.2 Å². The van der Waals surface area contributed by atoms with Gasteiger partial charge in [0.2, 0.25) is 23.6 Å². The van der Waals surface area contributed by atoms with E-state index in [1.807, 2.05) is 34.6 Å². The minimum absolute atomic E-state index is 0.0240. The van der Waals surface area contributed by atoms with Gasteiger partial charge in [-0.05, 0) is 58.5 Å². The van der Waals surface area contributed by atoms with E-state index in [0.717, 1.165) is 19.3 Å². The second kappa shape index (κ2) is 19.8. The predicted octanol–water partition coefficient (Wildman–Crippen LogP) is 0.301. The molecule has 11 heteroatoms. The fourth-order valence-electron chi connectivity index (χ4n) is 3.99. The number of unbranched alkanes of at least 4 members (excludes halogenated alkanes) is 1. The summed E-state index contributed by atoms with van der Waals surface area (Å²) in [6.07, 6.45) is 5.30. The Morgan fingerprint density at radius 3 is 1.81 bits per heavy atom. The van der Waals surface area contributed by atoms with Gasteiger partial charge in [-0.25, -0.2) is 0 Å². The molecule has 8 N–H and O–H groups in total. The largest absolute Gasteiger partial charge is 0.394 e. The maximum Gasteiger partial charge on any atom is 0.245 e. The molecule has 37 heavy (non-hydrogen) atoms. The average molecular weight is 529 g/mol. The fraction of sp³-hybridized carbons (Fsp3) is 0.846. The monoisotopic (exact) mass is 528 g/mol. The van der Waals surface area contributed by atoms with Crippen molar-refractivity contribution in [2.45, 2.75) is 116 Å². The van der Waals surface area contributed by atoms with Crippen molar-refractivity contribution in [3.8, 4) is 0 Å². The maximum atomic E-state index is 13.3. The van der Waals surface area contributed by atoms with Gasteiger partial charge in [0.05, 0.1) is 12.6 Å². The second-order valence-electron chi connectivity index (χ2n) is 9.79. The zero-order valence-corrected chi connectivity index (χ0v) is 23.7. The Morgan fingerprint density at radius 2 is 1.30 bits per heavy atom. The summed E-state index contributed by atoms with van der Waals surface area (Å²) in [5, 5.41) is 23.7. The first-order valence-corrected chi connectivity index (χ1v) is 13.8. The van der Waals surface area contributed by atoms with Crippen molar-refractivity contribution in [1.29, 1.82) is 0 Å². The molecule has 0 aliphatic carbocycles. The molecule has 0 aliphatic heterocycles. The lowest BCUT2D eigenvalue weighted by Gasteiger charge is -2.28. The Bertz CT molecular complexity index is 692. The van der Waals surface area contributed by atoms with E-state index >= 15 is 0 Å². The van der Waals surface area contributed by atoms with E-state index in [4.69, 9.17) is 5.73 Å². The molecule has 0 rings (SSSR count). The van der Waals surface area contributed by atoms with Gasteiger partial charge in [0, 0.05) is 6.04 Å². The Hall–Kier alpha value is -2.24. The summed E-state index contributed by atoms with van der Waals surface area (Å²) < 4.78 is 0. The highest BCUT2D eigenvalue weighted by atomic mass is 16.3. The lowest BCUT2D eigenvalue weighted by atomic mass is 9.97. The van der Waals surface area contributed by atoms with Crippen LogP contribution in [-0.4, -0.2) is 79.1 Å². The number of amides is 4. The third-order valence-corrected chi connectivity index (χ3v) is 6.54. The van der Waals surface area contributed by atoms with Gasteiger partial charge in [0.25, 0.3) is 0 Å². The molecule has 6 unspecified atom stereocenters. The Morgan fingerprint density at radius 1 is 0.730 bits per heavy atom. The molecule has 6 atom stereocenters. The summed E-state index contributed by atoms with van der Waals surface area (Å²) in [6.45, 7) is 9.56. The molecule has 0 radical (unpaired) electrons. The number of hydrogen-bond donors (Lipinski definition) is 7. The van der Waals surface area contributed by atoms with Crippen LogP contribution in [0.25, 0.3) is 0 Å². The van der Waals surface area contributed by atoms with Gasteiger partial charge < -0.3 is 37.4 Å². The quantitative estimate of drug-likeness (QED) is 0.111. The third-order valence-electron chi connectivity index (χ3n) is 6.54. The number of aliphatic hydroxyl groups excluding tert-OH is 1. The first-order chi connectivity index (χ1) is 17.6. The normalized spacial score (nSPS) is 16.0. The average Bonchev–Trinajstić information content (AvgIpc) is 2.87. The number of nitrogens with one attached hydrogen (secondary N) is 5. The van der Waals surface area contributed by atoms with E-state index in [1.165, 1.54) is 0 Å². The number of hydrogen-bond acceptors (Lipinski definition) is 7. The van der Waals surface area contributed by atoms with E-state index in [-0.39, 0.29) is 17.9 Å². The van der Waals surface area contributed by atoms with Crippen LogP contribution in [0.3, 0.4) is 0 Å². The van der Waals surface area contributed by atoms with Crippen LogP contribution < -0.4 is 32.3 Å². The topological polar surface area (TPSA) is 175 Å². The Kier molecular flexibility index (Phi) is 18.6. The molecule has 0 saturated carbocycles. The first kappa shape index (κ1) is 34.8. The van der Waals surface area contributed by atoms with E-state index in [1.54, 1.807) is 7.05 Å². The van der Waals surface area contributed by atoms with Crippen LogP contribution in [0.1, 0.15) is 86.0 Å². The highest BCUT2D eigenvalue weighted by molar-refractivity contribution is 5.95. The molecule has 0 aromatic carbocycles. The lowest BCUT2D eigenvalue weighted by molar-refractivity contribution is -0.135. The molecular weight excluding hydrogens is 476 g/mol. The van der Waals surface area contributed by atoms with Crippen molar-refractivity contribution in [2.75, 3.05) is 20.2 Å². The smallest absolute Gasteiger partial charge is 0.245 e. The summed E-state index contributed by atoms with van der Waals surface area (Å²) in [5.41, 5.74) is 5.60. The zero-order chi connectivity index (χ0) is 28.4. The molecule has 11 nitrogen and oxygen atoms in total. The molecular formula is C26H52N6O5. The van der Waals surface area contributed by atoms with Crippen molar-refractivity contribution < 1.29 is 24.3 Å². The molecule has 0 spiro atoms. The molecule has 0 bridgehead atoms. The number of carbonyl (C=O) groups excluding carboxylic acids is 4. The summed E-state index contributed by atoms with van der Waals surface area (Å²) in [7, 11) is 1.65. The second-order valence-corrected chi connectivity index (χ2v) is 9.79. The maximum absolute atomic E-state index is 13.3. The minimum Gasteiger partial charge on any atom is -0.394 e. The Balaban J connectivity index is 5.57.